The van der Waals surface area contributed by atoms with Crippen LogP contribution < -0.4 is 0 Å². The zero-order chi connectivity index (χ0) is 17.1. The molecule has 126 valence electrons. The van der Waals surface area contributed by atoms with Gasteiger partial charge in [0.2, 0.25) is 0 Å². The van der Waals surface area contributed by atoms with Crippen molar-refractivity contribution in [1.82, 2.24) is 29.9 Å². The van der Waals surface area contributed by atoms with E-state index in [0.29, 0.717) is 5.56 Å². The fourth-order valence-corrected chi connectivity index (χ4v) is 3.19. The molecule has 0 saturated carbocycles. The highest BCUT2D eigenvalue weighted by molar-refractivity contribution is 5.94. The predicted molar refractivity (Wildman–Crippen MR) is 91.0 cm³/mol. The van der Waals surface area contributed by atoms with Crippen LogP contribution in [0.1, 0.15) is 41.5 Å². The quantitative estimate of drug-likeness (QED) is 0.735. The van der Waals surface area contributed by atoms with Crippen LogP contribution in [0.25, 0.3) is 5.69 Å². The fourth-order valence-electron chi connectivity index (χ4n) is 3.19. The SMILES string of the molecule is O=C(c1ccc(-n2ccnn2)cc1)N1CCCC[C@@H]1c1ncccn1. The summed E-state index contributed by atoms with van der Waals surface area (Å²) in [5.41, 5.74) is 1.53. The number of carbonyl (C=O) groups excluding carboxylic acids is 1. The molecule has 0 bridgehead atoms. The van der Waals surface area contributed by atoms with Crippen LogP contribution in [0.3, 0.4) is 0 Å². The summed E-state index contributed by atoms with van der Waals surface area (Å²) in [6, 6.07) is 9.15. The monoisotopic (exact) mass is 334 g/mol. The molecule has 3 aromatic rings. The van der Waals surface area contributed by atoms with Gasteiger partial charge in [-0.1, -0.05) is 5.21 Å². The fraction of sp³-hybridized carbons (Fsp3) is 0.278. The van der Waals surface area contributed by atoms with Crippen molar-refractivity contribution in [3.8, 4) is 5.69 Å². The van der Waals surface area contributed by atoms with E-state index in [1.807, 2.05) is 29.2 Å². The van der Waals surface area contributed by atoms with Crippen molar-refractivity contribution in [3.63, 3.8) is 0 Å². The number of amides is 1. The van der Waals surface area contributed by atoms with Crippen LogP contribution in [-0.4, -0.2) is 42.3 Å². The van der Waals surface area contributed by atoms with Crippen molar-refractivity contribution in [3.05, 3.63) is 66.5 Å². The number of carbonyl (C=O) groups is 1. The molecule has 7 heteroatoms. The van der Waals surface area contributed by atoms with Crippen LogP contribution in [0.2, 0.25) is 0 Å². The Bertz CT molecular complexity index is 832. The number of likely N-dealkylation sites (tertiary alicyclic amines) is 1. The summed E-state index contributed by atoms with van der Waals surface area (Å²) in [6.45, 7) is 0.729. The lowest BCUT2D eigenvalue weighted by Crippen LogP contribution is -2.39. The van der Waals surface area contributed by atoms with Crippen molar-refractivity contribution < 1.29 is 4.79 Å². The molecular formula is C18H18N6O. The van der Waals surface area contributed by atoms with Gasteiger partial charge in [0.1, 0.15) is 0 Å². The first-order valence-corrected chi connectivity index (χ1v) is 8.37. The van der Waals surface area contributed by atoms with Gasteiger partial charge in [0.15, 0.2) is 5.82 Å². The van der Waals surface area contributed by atoms with Gasteiger partial charge < -0.3 is 4.90 Å². The lowest BCUT2D eigenvalue weighted by Gasteiger charge is -2.34. The molecule has 1 aliphatic rings. The molecule has 0 spiro atoms. The van der Waals surface area contributed by atoms with Gasteiger partial charge in [-0.3, -0.25) is 4.79 Å². The van der Waals surface area contributed by atoms with Gasteiger partial charge >= 0.3 is 0 Å². The molecule has 1 aromatic carbocycles. The Morgan fingerprint density at radius 2 is 1.84 bits per heavy atom. The molecule has 0 N–H and O–H groups in total. The summed E-state index contributed by atoms with van der Waals surface area (Å²) in [5.74, 6) is 0.733. The maximum absolute atomic E-state index is 13.0. The first-order valence-electron chi connectivity index (χ1n) is 8.37. The second-order valence-electron chi connectivity index (χ2n) is 6.01. The molecule has 1 atom stereocenters. The second-order valence-corrected chi connectivity index (χ2v) is 6.01. The van der Waals surface area contributed by atoms with Gasteiger partial charge in [-0.15, -0.1) is 5.10 Å². The van der Waals surface area contributed by atoms with E-state index in [4.69, 9.17) is 0 Å². The lowest BCUT2D eigenvalue weighted by atomic mass is 10.00. The number of rotatable bonds is 3. The van der Waals surface area contributed by atoms with Crippen LogP contribution in [0.4, 0.5) is 0 Å². The van der Waals surface area contributed by atoms with Crippen LogP contribution in [0.5, 0.6) is 0 Å². The van der Waals surface area contributed by atoms with Crippen molar-refractivity contribution in [1.29, 1.82) is 0 Å². The summed E-state index contributed by atoms with van der Waals surface area (Å²) in [7, 11) is 0. The molecule has 25 heavy (non-hydrogen) atoms. The molecule has 3 heterocycles. The molecule has 1 amide bonds. The third-order valence-corrected chi connectivity index (χ3v) is 4.45. The van der Waals surface area contributed by atoms with Gasteiger partial charge in [-0.2, -0.15) is 0 Å². The Morgan fingerprint density at radius 3 is 2.56 bits per heavy atom. The Labute approximate surface area is 145 Å². The molecule has 0 aliphatic carbocycles. The van der Waals surface area contributed by atoms with Crippen LogP contribution in [-0.2, 0) is 0 Å². The van der Waals surface area contributed by atoms with E-state index in [-0.39, 0.29) is 11.9 Å². The van der Waals surface area contributed by atoms with E-state index < -0.39 is 0 Å². The first-order chi connectivity index (χ1) is 12.3. The predicted octanol–water partition coefficient (Wildman–Crippen LogP) is 2.42. The lowest BCUT2D eigenvalue weighted by molar-refractivity contribution is 0.0600. The number of piperidine rings is 1. The van der Waals surface area contributed by atoms with E-state index >= 15 is 0 Å². The third-order valence-electron chi connectivity index (χ3n) is 4.45. The van der Waals surface area contributed by atoms with Gasteiger partial charge in [-0.05, 0) is 49.6 Å². The molecule has 0 unspecified atom stereocenters. The Morgan fingerprint density at radius 1 is 1.04 bits per heavy atom. The molecule has 1 saturated heterocycles. The number of nitrogens with zero attached hydrogens (tertiary/aromatic N) is 6. The smallest absolute Gasteiger partial charge is 0.254 e. The van der Waals surface area contributed by atoms with E-state index in [1.54, 1.807) is 35.5 Å². The normalized spacial score (nSPS) is 17.4. The number of hydrogen-bond acceptors (Lipinski definition) is 5. The Kier molecular flexibility index (Phi) is 4.20. The molecule has 0 radical (unpaired) electrons. The topological polar surface area (TPSA) is 76.8 Å². The van der Waals surface area contributed by atoms with Crippen molar-refractivity contribution in [2.24, 2.45) is 0 Å². The third kappa shape index (κ3) is 3.13. The second kappa shape index (κ2) is 6.80. The average Bonchev–Trinajstić information content (AvgIpc) is 3.23. The highest BCUT2D eigenvalue weighted by Gasteiger charge is 2.30. The summed E-state index contributed by atoms with van der Waals surface area (Å²) in [4.78, 5) is 23.6. The number of hydrogen-bond donors (Lipinski definition) is 0. The summed E-state index contributed by atoms with van der Waals surface area (Å²) >= 11 is 0. The van der Waals surface area contributed by atoms with Crippen LogP contribution in [0, 0.1) is 0 Å². The van der Waals surface area contributed by atoms with Gasteiger partial charge in [0, 0.05) is 24.5 Å². The zero-order valence-corrected chi connectivity index (χ0v) is 13.7. The molecule has 2 aromatic heterocycles. The summed E-state index contributed by atoms with van der Waals surface area (Å²) in [5, 5.41) is 7.75. The highest BCUT2D eigenvalue weighted by atomic mass is 16.2. The largest absolute Gasteiger partial charge is 0.328 e. The van der Waals surface area contributed by atoms with Gasteiger partial charge in [0.25, 0.3) is 5.91 Å². The molecular weight excluding hydrogens is 316 g/mol. The summed E-state index contributed by atoms with van der Waals surface area (Å²) < 4.78 is 1.66. The van der Waals surface area contributed by atoms with E-state index in [1.165, 1.54) is 0 Å². The maximum atomic E-state index is 13.0. The Hall–Kier alpha value is -3.09. The maximum Gasteiger partial charge on any atom is 0.254 e. The number of aromatic nitrogens is 5. The molecule has 1 aliphatic heterocycles. The standard InChI is InChI=1S/C18H18N6O/c25-18(14-5-7-15(8-6-14)24-13-11-21-22-24)23-12-2-1-4-16(23)17-19-9-3-10-20-17/h3,5-11,13,16H,1-2,4,12H2/t16-/m1/s1. The Balaban J connectivity index is 1.58. The van der Waals surface area contributed by atoms with Crippen molar-refractivity contribution >= 4 is 5.91 Å². The minimum Gasteiger partial charge on any atom is -0.328 e. The van der Waals surface area contributed by atoms with Gasteiger partial charge in [-0.25, -0.2) is 14.6 Å². The van der Waals surface area contributed by atoms with Crippen molar-refractivity contribution in [2.75, 3.05) is 6.54 Å². The van der Waals surface area contributed by atoms with Crippen molar-refractivity contribution in [2.45, 2.75) is 25.3 Å². The first kappa shape index (κ1) is 15.4. The number of benzene rings is 1. The van der Waals surface area contributed by atoms with E-state index in [2.05, 4.69) is 20.3 Å². The molecule has 4 rings (SSSR count). The van der Waals surface area contributed by atoms with E-state index in [0.717, 1.165) is 37.3 Å². The summed E-state index contributed by atoms with van der Waals surface area (Å²) in [6.07, 6.45) is 9.83. The van der Waals surface area contributed by atoms with Gasteiger partial charge in [0.05, 0.1) is 24.1 Å². The van der Waals surface area contributed by atoms with E-state index in [9.17, 15) is 4.79 Å². The average molecular weight is 334 g/mol. The molecule has 1 fully saturated rings. The highest BCUT2D eigenvalue weighted by Crippen LogP contribution is 2.30. The van der Waals surface area contributed by atoms with Crippen LogP contribution in [0.15, 0.2) is 55.1 Å². The zero-order valence-electron chi connectivity index (χ0n) is 13.7. The molecule has 7 nitrogen and oxygen atoms in total. The minimum absolute atomic E-state index is 0.0160. The minimum atomic E-state index is -0.0579. The van der Waals surface area contributed by atoms with Crippen LogP contribution >= 0.6 is 0 Å².